The molecule has 0 amide bonds. The lowest BCUT2D eigenvalue weighted by atomic mass is 10.2. The molecule has 3 aromatic rings. The Morgan fingerprint density at radius 1 is 0.692 bits per heavy atom. The fraction of sp³-hybridized carbons (Fsp3) is 0. The maximum atomic E-state index is 12.3. The molecule has 6 heteroatoms. The van der Waals surface area contributed by atoms with Crippen LogP contribution in [-0.2, 0) is 0 Å². The van der Waals surface area contributed by atoms with E-state index in [-0.39, 0.29) is 11.5 Å². The predicted octanol–water partition coefficient (Wildman–Crippen LogP) is 5.54. The number of esters is 2. The lowest BCUT2D eigenvalue weighted by Crippen LogP contribution is -2.12. The van der Waals surface area contributed by atoms with Crippen molar-refractivity contribution in [3.8, 4) is 11.5 Å². The summed E-state index contributed by atoms with van der Waals surface area (Å²) in [6, 6.07) is 19.5. The first-order valence-electron chi connectivity index (χ1n) is 7.57. The molecule has 0 unspecified atom stereocenters. The first-order valence-corrected chi connectivity index (χ1v) is 8.74. The van der Waals surface area contributed by atoms with E-state index in [2.05, 4.69) is 15.9 Å². The molecule has 3 aromatic carbocycles. The molecule has 0 saturated carbocycles. The minimum Gasteiger partial charge on any atom is -0.419 e. The van der Waals surface area contributed by atoms with E-state index in [1.165, 1.54) is 0 Å². The minimum atomic E-state index is -0.575. The van der Waals surface area contributed by atoms with E-state index in [1.54, 1.807) is 72.8 Å². The van der Waals surface area contributed by atoms with Gasteiger partial charge in [-0.3, -0.25) is 0 Å². The van der Waals surface area contributed by atoms with Gasteiger partial charge in [0.05, 0.1) is 11.1 Å². The van der Waals surface area contributed by atoms with Gasteiger partial charge in [-0.2, -0.15) is 0 Å². The van der Waals surface area contributed by atoms with Crippen LogP contribution in [0.3, 0.4) is 0 Å². The third kappa shape index (κ3) is 4.50. The number of rotatable bonds is 4. The topological polar surface area (TPSA) is 52.6 Å². The number of hydrogen-bond donors (Lipinski definition) is 0. The Morgan fingerprint density at radius 3 is 1.58 bits per heavy atom. The molecule has 26 heavy (non-hydrogen) atoms. The molecule has 3 rings (SSSR count). The fourth-order valence-corrected chi connectivity index (χ4v) is 2.50. The maximum Gasteiger partial charge on any atom is 0.343 e. The summed E-state index contributed by atoms with van der Waals surface area (Å²) >= 11 is 9.12. The van der Waals surface area contributed by atoms with Crippen molar-refractivity contribution >= 4 is 39.5 Å². The Kier molecular flexibility index (Phi) is 5.71. The maximum absolute atomic E-state index is 12.3. The summed E-state index contributed by atoms with van der Waals surface area (Å²) in [4.78, 5) is 24.5. The molecule has 0 aromatic heterocycles. The van der Waals surface area contributed by atoms with Gasteiger partial charge in [0.15, 0.2) is 11.5 Å². The molecule has 0 fully saturated rings. The first-order chi connectivity index (χ1) is 12.5. The Bertz CT molecular complexity index is 858. The summed E-state index contributed by atoms with van der Waals surface area (Å²) in [5.41, 5.74) is 0.718. The molecule has 0 radical (unpaired) electrons. The molecule has 130 valence electrons. The zero-order valence-electron chi connectivity index (χ0n) is 13.3. The molecule has 0 spiro atoms. The van der Waals surface area contributed by atoms with Crippen LogP contribution in [0.15, 0.2) is 77.3 Å². The molecule has 0 saturated heterocycles. The molecule has 0 bridgehead atoms. The fourth-order valence-electron chi connectivity index (χ4n) is 2.11. The van der Waals surface area contributed by atoms with Crippen LogP contribution in [0.1, 0.15) is 20.7 Å². The van der Waals surface area contributed by atoms with Gasteiger partial charge in [0.1, 0.15) is 0 Å². The standard InChI is InChI=1S/C20H12BrClO4/c21-15-9-5-13(6-10-15)19(23)25-17-3-1-2-4-18(17)26-20(24)14-7-11-16(22)12-8-14/h1-12H. The van der Waals surface area contributed by atoms with Gasteiger partial charge in [0, 0.05) is 9.50 Å². The van der Waals surface area contributed by atoms with Crippen LogP contribution in [0.4, 0.5) is 0 Å². The van der Waals surface area contributed by atoms with Crippen molar-refractivity contribution in [2.45, 2.75) is 0 Å². The van der Waals surface area contributed by atoms with Crippen LogP contribution in [0.5, 0.6) is 11.5 Å². The summed E-state index contributed by atoms with van der Waals surface area (Å²) in [5, 5.41) is 0.519. The molecule has 0 N–H and O–H groups in total. The molecular weight excluding hydrogens is 420 g/mol. The van der Waals surface area contributed by atoms with Crippen LogP contribution in [-0.4, -0.2) is 11.9 Å². The van der Waals surface area contributed by atoms with E-state index in [1.807, 2.05) is 0 Å². The summed E-state index contributed by atoms with van der Waals surface area (Å²) in [5.74, 6) is -0.818. The summed E-state index contributed by atoms with van der Waals surface area (Å²) in [7, 11) is 0. The van der Waals surface area contributed by atoms with Gasteiger partial charge in [-0.05, 0) is 60.7 Å². The molecule has 0 aliphatic rings. The van der Waals surface area contributed by atoms with E-state index >= 15 is 0 Å². The SMILES string of the molecule is O=C(Oc1ccccc1OC(=O)c1ccc(Br)cc1)c1ccc(Cl)cc1. The van der Waals surface area contributed by atoms with Crippen LogP contribution in [0.2, 0.25) is 5.02 Å². The third-order valence-corrected chi connectivity index (χ3v) is 4.19. The largest absolute Gasteiger partial charge is 0.419 e. The minimum absolute atomic E-state index is 0.151. The van der Waals surface area contributed by atoms with Gasteiger partial charge in [-0.1, -0.05) is 39.7 Å². The van der Waals surface area contributed by atoms with Crippen molar-refractivity contribution in [3.63, 3.8) is 0 Å². The number of benzene rings is 3. The second-order valence-electron chi connectivity index (χ2n) is 5.24. The van der Waals surface area contributed by atoms with Crippen LogP contribution in [0, 0.1) is 0 Å². The number of carbonyl (C=O) groups is 2. The summed E-state index contributed by atoms with van der Waals surface area (Å²) in [6.07, 6.45) is 0. The number of halogens is 2. The highest BCUT2D eigenvalue weighted by Gasteiger charge is 2.15. The Labute approximate surface area is 163 Å². The van der Waals surface area contributed by atoms with Gasteiger partial charge in [-0.25, -0.2) is 9.59 Å². The van der Waals surface area contributed by atoms with Gasteiger partial charge < -0.3 is 9.47 Å². The highest BCUT2D eigenvalue weighted by molar-refractivity contribution is 9.10. The third-order valence-electron chi connectivity index (χ3n) is 3.41. The zero-order valence-corrected chi connectivity index (χ0v) is 15.7. The van der Waals surface area contributed by atoms with Crippen LogP contribution in [0.25, 0.3) is 0 Å². The number of para-hydroxylation sites is 2. The van der Waals surface area contributed by atoms with Crippen molar-refractivity contribution in [1.82, 2.24) is 0 Å². The van der Waals surface area contributed by atoms with Gasteiger partial charge in [-0.15, -0.1) is 0 Å². The molecule has 4 nitrogen and oxygen atoms in total. The van der Waals surface area contributed by atoms with E-state index in [0.29, 0.717) is 16.1 Å². The van der Waals surface area contributed by atoms with Crippen molar-refractivity contribution in [1.29, 1.82) is 0 Å². The van der Waals surface area contributed by atoms with Gasteiger partial charge in [0.25, 0.3) is 0 Å². The van der Waals surface area contributed by atoms with Gasteiger partial charge in [0.2, 0.25) is 0 Å². The summed E-state index contributed by atoms with van der Waals surface area (Å²) < 4.78 is 11.6. The van der Waals surface area contributed by atoms with E-state index in [0.717, 1.165) is 4.47 Å². The van der Waals surface area contributed by atoms with E-state index in [4.69, 9.17) is 21.1 Å². The normalized spacial score (nSPS) is 10.2. The predicted molar refractivity (Wildman–Crippen MR) is 102 cm³/mol. The molecule has 0 aliphatic carbocycles. The second-order valence-corrected chi connectivity index (χ2v) is 6.59. The lowest BCUT2D eigenvalue weighted by Gasteiger charge is -2.10. The van der Waals surface area contributed by atoms with E-state index < -0.39 is 11.9 Å². The van der Waals surface area contributed by atoms with Crippen molar-refractivity contribution in [3.05, 3.63) is 93.4 Å². The van der Waals surface area contributed by atoms with Crippen LogP contribution >= 0.6 is 27.5 Å². The Hall–Kier alpha value is -2.63. The van der Waals surface area contributed by atoms with Crippen LogP contribution < -0.4 is 9.47 Å². The molecule has 0 aliphatic heterocycles. The van der Waals surface area contributed by atoms with Gasteiger partial charge >= 0.3 is 11.9 Å². The van der Waals surface area contributed by atoms with Crippen molar-refractivity contribution in [2.75, 3.05) is 0 Å². The highest BCUT2D eigenvalue weighted by Crippen LogP contribution is 2.28. The van der Waals surface area contributed by atoms with Crippen molar-refractivity contribution < 1.29 is 19.1 Å². The monoisotopic (exact) mass is 430 g/mol. The number of carbonyl (C=O) groups excluding carboxylic acids is 2. The molecular formula is C20H12BrClO4. The molecule has 0 heterocycles. The second kappa shape index (κ2) is 8.17. The Morgan fingerprint density at radius 2 is 1.12 bits per heavy atom. The number of hydrogen-bond acceptors (Lipinski definition) is 4. The lowest BCUT2D eigenvalue weighted by molar-refractivity contribution is 0.0682. The quantitative estimate of drug-likeness (QED) is 0.402. The zero-order chi connectivity index (χ0) is 18.5. The average Bonchev–Trinajstić information content (AvgIpc) is 2.64. The Balaban J connectivity index is 1.77. The smallest absolute Gasteiger partial charge is 0.343 e. The molecule has 0 atom stereocenters. The van der Waals surface area contributed by atoms with E-state index in [9.17, 15) is 9.59 Å². The first kappa shape index (κ1) is 18.2. The average molecular weight is 432 g/mol. The number of ether oxygens (including phenoxy) is 2. The highest BCUT2D eigenvalue weighted by atomic mass is 79.9. The summed E-state index contributed by atoms with van der Waals surface area (Å²) in [6.45, 7) is 0. The van der Waals surface area contributed by atoms with Crippen molar-refractivity contribution in [2.24, 2.45) is 0 Å².